The number of carbonyl (C=O) groups excluding carboxylic acids is 1. The van der Waals surface area contributed by atoms with Gasteiger partial charge in [0.1, 0.15) is 5.82 Å². The molecule has 0 saturated heterocycles. The van der Waals surface area contributed by atoms with Crippen molar-refractivity contribution in [3.63, 3.8) is 0 Å². The number of hydrogen-bond acceptors (Lipinski definition) is 3. The highest BCUT2D eigenvalue weighted by Crippen LogP contribution is 2.13. The van der Waals surface area contributed by atoms with Crippen LogP contribution >= 0.6 is 0 Å². The van der Waals surface area contributed by atoms with Gasteiger partial charge in [-0.25, -0.2) is 9.78 Å². The average Bonchev–Trinajstić information content (AvgIpc) is 2.39. The zero-order valence-corrected chi connectivity index (χ0v) is 11.8. The number of aromatic nitrogens is 1. The minimum atomic E-state index is -0.282. The van der Waals surface area contributed by atoms with Crippen LogP contribution in [-0.4, -0.2) is 25.1 Å². The molecular weight excluding hydrogens is 252 g/mol. The maximum atomic E-state index is 11.9. The van der Waals surface area contributed by atoms with Crippen LogP contribution in [0.1, 0.15) is 5.56 Å². The second kappa shape index (κ2) is 6.06. The van der Waals surface area contributed by atoms with Gasteiger partial charge in [-0.1, -0.05) is 12.1 Å². The van der Waals surface area contributed by atoms with Crippen molar-refractivity contribution in [2.45, 2.75) is 6.92 Å². The third-order valence-electron chi connectivity index (χ3n) is 2.74. The van der Waals surface area contributed by atoms with Gasteiger partial charge in [-0.3, -0.25) is 0 Å². The van der Waals surface area contributed by atoms with E-state index >= 15 is 0 Å². The number of urea groups is 1. The van der Waals surface area contributed by atoms with Crippen LogP contribution in [0.3, 0.4) is 0 Å². The largest absolute Gasteiger partial charge is 0.363 e. The molecule has 0 aliphatic heterocycles. The van der Waals surface area contributed by atoms with Gasteiger partial charge in [0.15, 0.2) is 0 Å². The Morgan fingerprint density at radius 2 is 1.85 bits per heavy atom. The Balaban J connectivity index is 1.97. The van der Waals surface area contributed by atoms with Crippen LogP contribution in [0.2, 0.25) is 0 Å². The third-order valence-corrected chi connectivity index (χ3v) is 2.74. The van der Waals surface area contributed by atoms with E-state index in [1.165, 1.54) is 0 Å². The first-order valence-corrected chi connectivity index (χ1v) is 6.32. The Morgan fingerprint density at radius 1 is 1.10 bits per heavy atom. The molecule has 2 N–H and O–H groups in total. The summed E-state index contributed by atoms with van der Waals surface area (Å²) in [5, 5.41) is 5.53. The molecule has 1 aromatic heterocycles. The highest BCUT2D eigenvalue weighted by atomic mass is 16.2. The Kier molecular flexibility index (Phi) is 4.20. The predicted octanol–water partition coefficient (Wildman–Crippen LogP) is 3.10. The van der Waals surface area contributed by atoms with Crippen LogP contribution in [0.4, 0.5) is 22.0 Å². The summed E-state index contributed by atoms with van der Waals surface area (Å²) >= 11 is 0. The molecule has 0 fully saturated rings. The molecule has 2 aromatic rings. The number of rotatable bonds is 3. The highest BCUT2D eigenvalue weighted by molar-refractivity contribution is 5.99. The van der Waals surface area contributed by atoms with Crippen LogP contribution in [-0.2, 0) is 0 Å². The van der Waals surface area contributed by atoms with Gasteiger partial charge < -0.3 is 15.5 Å². The first kappa shape index (κ1) is 13.9. The van der Waals surface area contributed by atoms with Crippen molar-refractivity contribution in [1.29, 1.82) is 0 Å². The fourth-order valence-corrected chi connectivity index (χ4v) is 1.74. The third kappa shape index (κ3) is 3.71. The van der Waals surface area contributed by atoms with Crippen molar-refractivity contribution in [3.8, 4) is 0 Å². The second-order valence-electron chi connectivity index (χ2n) is 4.75. The number of hydrogen-bond donors (Lipinski definition) is 2. The van der Waals surface area contributed by atoms with E-state index in [1.807, 2.05) is 62.3 Å². The summed E-state index contributed by atoms with van der Waals surface area (Å²) in [7, 11) is 3.83. The van der Waals surface area contributed by atoms with E-state index in [4.69, 9.17) is 0 Å². The topological polar surface area (TPSA) is 57.3 Å². The lowest BCUT2D eigenvalue weighted by Crippen LogP contribution is -2.19. The standard InChI is InChI=1S/C15H18N4O/c1-11-5-4-6-12(9-11)17-15(20)18-13-7-8-14(16-10-13)19(2)3/h4-10H,1-3H3,(H2,17,18,20). The van der Waals surface area contributed by atoms with Crippen molar-refractivity contribution >= 4 is 23.2 Å². The molecule has 0 aliphatic rings. The van der Waals surface area contributed by atoms with Gasteiger partial charge in [-0.15, -0.1) is 0 Å². The number of nitrogens with zero attached hydrogens (tertiary/aromatic N) is 2. The molecule has 0 bridgehead atoms. The lowest BCUT2D eigenvalue weighted by atomic mass is 10.2. The van der Waals surface area contributed by atoms with Gasteiger partial charge in [0.05, 0.1) is 11.9 Å². The van der Waals surface area contributed by atoms with E-state index < -0.39 is 0 Å². The molecule has 5 nitrogen and oxygen atoms in total. The molecule has 1 heterocycles. The molecule has 20 heavy (non-hydrogen) atoms. The molecule has 5 heteroatoms. The summed E-state index contributed by atoms with van der Waals surface area (Å²) in [5.74, 6) is 0.842. The first-order valence-electron chi connectivity index (χ1n) is 6.32. The number of pyridine rings is 1. The summed E-state index contributed by atoms with van der Waals surface area (Å²) in [6, 6.07) is 11.0. The fourth-order valence-electron chi connectivity index (χ4n) is 1.74. The van der Waals surface area contributed by atoms with E-state index in [2.05, 4.69) is 15.6 Å². The molecule has 0 saturated carbocycles. The van der Waals surface area contributed by atoms with E-state index in [0.29, 0.717) is 5.69 Å². The summed E-state index contributed by atoms with van der Waals surface area (Å²) in [4.78, 5) is 18.0. The number of aryl methyl sites for hydroxylation is 1. The summed E-state index contributed by atoms with van der Waals surface area (Å²) < 4.78 is 0. The number of nitrogens with one attached hydrogen (secondary N) is 2. The SMILES string of the molecule is Cc1cccc(NC(=O)Nc2ccc(N(C)C)nc2)c1. The maximum Gasteiger partial charge on any atom is 0.323 e. The summed E-state index contributed by atoms with van der Waals surface area (Å²) in [5.41, 5.74) is 2.51. The lowest BCUT2D eigenvalue weighted by molar-refractivity contribution is 0.262. The monoisotopic (exact) mass is 270 g/mol. The minimum Gasteiger partial charge on any atom is -0.363 e. The van der Waals surface area contributed by atoms with Crippen molar-refractivity contribution < 1.29 is 4.79 Å². The number of amides is 2. The predicted molar refractivity (Wildman–Crippen MR) is 82.4 cm³/mol. The highest BCUT2D eigenvalue weighted by Gasteiger charge is 2.04. The molecular formula is C15H18N4O. The molecule has 2 rings (SSSR count). The van der Waals surface area contributed by atoms with Gasteiger partial charge >= 0.3 is 6.03 Å². The normalized spacial score (nSPS) is 9.95. The van der Waals surface area contributed by atoms with Gasteiger partial charge in [0.2, 0.25) is 0 Å². The van der Waals surface area contributed by atoms with Crippen LogP contribution in [0.25, 0.3) is 0 Å². The average molecular weight is 270 g/mol. The van der Waals surface area contributed by atoms with E-state index in [9.17, 15) is 4.79 Å². The van der Waals surface area contributed by atoms with Crippen molar-refractivity contribution in [3.05, 3.63) is 48.2 Å². The minimum absolute atomic E-state index is 0.282. The molecule has 0 spiro atoms. The van der Waals surface area contributed by atoms with Crippen LogP contribution in [0.15, 0.2) is 42.6 Å². The Hall–Kier alpha value is -2.56. The molecule has 0 atom stereocenters. The zero-order chi connectivity index (χ0) is 14.5. The van der Waals surface area contributed by atoms with Crippen molar-refractivity contribution in [2.24, 2.45) is 0 Å². The van der Waals surface area contributed by atoms with Crippen LogP contribution in [0.5, 0.6) is 0 Å². The number of anilines is 3. The molecule has 2 amide bonds. The molecule has 0 aliphatic carbocycles. The Morgan fingerprint density at radius 3 is 2.45 bits per heavy atom. The van der Waals surface area contributed by atoms with E-state index in [0.717, 1.165) is 17.1 Å². The molecule has 0 unspecified atom stereocenters. The van der Waals surface area contributed by atoms with Crippen molar-refractivity contribution in [2.75, 3.05) is 29.6 Å². The molecule has 1 aromatic carbocycles. The van der Waals surface area contributed by atoms with Gasteiger partial charge in [0.25, 0.3) is 0 Å². The Labute approximate surface area is 118 Å². The van der Waals surface area contributed by atoms with E-state index in [1.54, 1.807) is 6.20 Å². The Bertz CT molecular complexity index is 593. The second-order valence-corrected chi connectivity index (χ2v) is 4.75. The summed E-state index contributed by atoms with van der Waals surface area (Å²) in [6.07, 6.45) is 1.63. The van der Waals surface area contributed by atoms with Crippen molar-refractivity contribution in [1.82, 2.24) is 4.98 Å². The smallest absolute Gasteiger partial charge is 0.323 e. The maximum absolute atomic E-state index is 11.9. The van der Waals surface area contributed by atoms with Gasteiger partial charge in [0, 0.05) is 19.8 Å². The van der Waals surface area contributed by atoms with Gasteiger partial charge in [-0.05, 0) is 36.8 Å². The van der Waals surface area contributed by atoms with Crippen LogP contribution in [0, 0.1) is 6.92 Å². The van der Waals surface area contributed by atoms with Crippen LogP contribution < -0.4 is 15.5 Å². The first-order chi connectivity index (χ1) is 9.54. The quantitative estimate of drug-likeness (QED) is 0.901. The zero-order valence-electron chi connectivity index (χ0n) is 11.8. The van der Waals surface area contributed by atoms with Gasteiger partial charge in [-0.2, -0.15) is 0 Å². The summed E-state index contributed by atoms with van der Waals surface area (Å²) in [6.45, 7) is 1.98. The fraction of sp³-hybridized carbons (Fsp3) is 0.200. The molecule has 104 valence electrons. The lowest BCUT2D eigenvalue weighted by Gasteiger charge is -2.12. The molecule has 0 radical (unpaired) electrons. The van der Waals surface area contributed by atoms with E-state index in [-0.39, 0.29) is 6.03 Å². The number of benzene rings is 1. The number of carbonyl (C=O) groups is 1.